The van der Waals surface area contributed by atoms with Gasteiger partial charge in [-0.05, 0) is 0 Å². The van der Waals surface area contributed by atoms with Crippen LogP contribution in [0.3, 0.4) is 0 Å². The molecule has 0 unspecified atom stereocenters. The standard InChI is InChI=1S/2Ac.3H2O4S/c;;3*1-5(2,3)4/h;;3*(H2,1,2,3,4)/q2*+3;;;/p-6. The molecule has 0 aromatic carbocycles. The molecule has 0 saturated carbocycles. The van der Waals surface area contributed by atoms with Crippen molar-refractivity contribution >= 4 is 31.2 Å². The van der Waals surface area contributed by atoms with E-state index in [4.69, 9.17) is 52.6 Å². The second-order valence-electron chi connectivity index (χ2n) is 1.22. The molecule has 0 amide bonds. The summed E-state index contributed by atoms with van der Waals surface area (Å²) in [5.74, 6) is 0. The normalized spacial score (nSPS) is 10.2. The maximum atomic E-state index is 8.52. The van der Waals surface area contributed by atoms with Gasteiger partial charge in [-0.3, -0.25) is 25.3 Å². The quantitative estimate of drug-likeness (QED) is 0.170. The molecule has 0 fully saturated rings. The smallest absolute Gasteiger partial charge is 0.759 e. The average molecular weight is 742 g/mol. The topological polar surface area (TPSA) is 241 Å². The zero-order valence-corrected chi connectivity index (χ0v) is 19.2. The second-order valence-corrected chi connectivity index (χ2v) is 3.67. The Balaban J connectivity index is -0.0000000400. The van der Waals surface area contributed by atoms with Crippen molar-refractivity contribution < 1.29 is 141 Å². The molecule has 0 aromatic heterocycles. The minimum absolute atomic E-state index is 0. The molecule has 96 valence electrons. The molecule has 0 heterocycles. The van der Waals surface area contributed by atoms with Crippen LogP contribution in [-0.2, 0) is 31.2 Å². The van der Waals surface area contributed by atoms with Crippen molar-refractivity contribution in [2.45, 2.75) is 0 Å². The fraction of sp³-hybridized carbons (Fsp3) is 0. The van der Waals surface area contributed by atoms with E-state index in [1.165, 1.54) is 0 Å². The summed E-state index contributed by atoms with van der Waals surface area (Å²) in [6.07, 6.45) is 0. The van der Waals surface area contributed by atoms with Crippen LogP contribution in [0.4, 0.5) is 0 Å². The van der Waals surface area contributed by atoms with E-state index in [-0.39, 0.29) is 88.1 Å². The molecule has 0 N–H and O–H groups in total. The van der Waals surface area contributed by atoms with E-state index in [0.717, 1.165) is 0 Å². The van der Waals surface area contributed by atoms with Crippen molar-refractivity contribution in [2.24, 2.45) is 0 Å². The Bertz CT molecular complexity index is 341. The van der Waals surface area contributed by atoms with Crippen LogP contribution in [0.15, 0.2) is 0 Å². The van der Waals surface area contributed by atoms with E-state index in [0.29, 0.717) is 0 Å². The first kappa shape index (κ1) is 31.7. The molecule has 0 aliphatic heterocycles. The van der Waals surface area contributed by atoms with Gasteiger partial charge in [-0.1, -0.05) is 0 Å². The third-order valence-corrected chi connectivity index (χ3v) is 0. The predicted molar refractivity (Wildman–Crippen MR) is 31.4 cm³/mol. The predicted octanol–water partition coefficient (Wildman–Crippen LogP) is -4.01. The van der Waals surface area contributed by atoms with Gasteiger partial charge >= 0.3 is 88.1 Å². The van der Waals surface area contributed by atoms with Crippen molar-refractivity contribution in [3.63, 3.8) is 0 Å². The molecule has 0 saturated heterocycles. The molecule has 12 nitrogen and oxygen atoms in total. The summed E-state index contributed by atoms with van der Waals surface area (Å²) in [5.41, 5.74) is 0. The van der Waals surface area contributed by atoms with Gasteiger partial charge in [0.05, 0.1) is 0 Å². The molecule has 0 aliphatic rings. The number of rotatable bonds is 0. The van der Waals surface area contributed by atoms with Crippen molar-refractivity contribution in [3.8, 4) is 0 Å². The Morgan fingerprint density at radius 2 is 0.412 bits per heavy atom. The zero-order chi connectivity index (χ0) is 13.5. The summed E-state index contributed by atoms with van der Waals surface area (Å²) in [7, 11) is -15.5. The van der Waals surface area contributed by atoms with E-state index in [9.17, 15) is 0 Å². The van der Waals surface area contributed by atoms with Crippen LogP contribution in [-0.4, -0.2) is 52.6 Å². The monoisotopic (exact) mass is 742 g/mol. The summed E-state index contributed by atoms with van der Waals surface area (Å²) in [6, 6.07) is 0. The molecule has 17 heteroatoms. The summed E-state index contributed by atoms with van der Waals surface area (Å²) in [5, 5.41) is 0. The molecule has 17 heavy (non-hydrogen) atoms. The fourth-order valence-electron chi connectivity index (χ4n) is 0. The van der Waals surface area contributed by atoms with E-state index in [1.807, 2.05) is 0 Å². The van der Waals surface area contributed by atoms with Gasteiger partial charge in [0.1, 0.15) is 0 Å². The zero-order valence-electron chi connectivity index (χ0n) is 7.28. The second kappa shape index (κ2) is 13.5. The summed E-state index contributed by atoms with van der Waals surface area (Å²) >= 11 is 0. The Kier molecular flexibility index (Phi) is 25.2. The first-order valence-corrected chi connectivity index (χ1v) is 6.00. The minimum Gasteiger partial charge on any atom is -0.759 e. The number of hydrogen-bond acceptors (Lipinski definition) is 12. The Hall–Kier alpha value is 2.49. The van der Waals surface area contributed by atoms with Crippen molar-refractivity contribution in [3.05, 3.63) is 0 Å². The van der Waals surface area contributed by atoms with Gasteiger partial charge in [0.2, 0.25) is 0 Å². The van der Waals surface area contributed by atoms with Gasteiger partial charge in [-0.2, -0.15) is 0 Å². The van der Waals surface area contributed by atoms with E-state index < -0.39 is 31.2 Å². The molecular formula is Ac2O12S3. The average Bonchev–Trinajstić information content (AvgIpc) is 1.41. The SMILES string of the molecule is O=S(=O)([O-])[O-].O=S(=O)([O-])[O-].O=S(=O)([O-])[O-].[Ac+3].[Ac+3]. The molecule has 0 radical (unpaired) electrons. The Morgan fingerprint density at radius 3 is 0.412 bits per heavy atom. The Labute approximate surface area is 168 Å². The van der Waals surface area contributed by atoms with E-state index in [2.05, 4.69) is 0 Å². The van der Waals surface area contributed by atoms with Crippen LogP contribution in [0.5, 0.6) is 0 Å². The van der Waals surface area contributed by atoms with Gasteiger partial charge in [0.25, 0.3) is 0 Å². The maximum absolute atomic E-state index is 8.52. The molecule has 0 atom stereocenters. The van der Waals surface area contributed by atoms with Gasteiger partial charge in [0.15, 0.2) is 0 Å². The van der Waals surface area contributed by atoms with Crippen LogP contribution >= 0.6 is 0 Å². The molecule has 0 aromatic rings. The van der Waals surface area contributed by atoms with Crippen LogP contribution in [0.1, 0.15) is 0 Å². The largest absolute Gasteiger partial charge is 3.00 e. The summed E-state index contributed by atoms with van der Waals surface area (Å²) in [4.78, 5) is 0. The molecule has 0 spiro atoms. The van der Waals surface area contributed by atoms with Crippen LogP contribution < -0.4 is 0 Å². The number of hydrogen-bond donors (Lipinski definition) is 0. The van der Waals surface area contributed by atoms with Gasteiger partial charge in [-0.25, -0.2) is 0 Å². The fourth-order valence-corrected chi connectivity index (χ4v) is 0. The molecule has 0 bridgehead atoms. The summed E-state index contributed by atoms with van der Waals surface area (Å²) < 4.78 is 102. The molecule has 0 rings (SSSR count). The maximum Gasteiger partial charge on any atom is 3.00 e. The van der Waals surface area contributed by atoms with Crippen LogP contribution in [0.25, 0.3) is 0 Å². The van der Waals surface area contributed by atoms with Gasteiger partial charge < -0.3 is 27.3 Å². The van der Waals surface area contributed by atoms with Crippen molar-refractivity contribution in [2.75, 3.05) is 0 Å². The van der Waals surface area contributed by atoms with Crippen molar-refractivity contribution in [1.82, 2.24) is 0 Å². The minimum atomic E-state index is -5.17. The third kappa shape index (κ3) is 809. The third-order valence-electron chi connectivity index (χ3n) is 0. The Morgan fingerprint density at radius 1 is 0.412 bits per heavy atom. The first-order valence-electron chi connectivity index (χ1n) is 2.00. The van der Waals surface area contributed by atoms with Gasteiger partial charge in [0, 0.05) is 31.2 Å². The molecule has 0 aliphatic carbocycles. The van der Waals surface area contributed by atoms with Crippen LogP contribution in [0, 0.1) is 88.1 Å². The van der Waals surface area contributed by atoms with Crippen molar-refractivity contribution in [1.29, 1.82) is 0 Å². The van der Waals surface area contributed by atoms with E-state index >= 15 is 0 Å². The van der Waals surface area contributed by atoms with Crippen LogP contribution in [0.2, 0.25) is 0 Å². The molecular weight excluding hydrogens is 742 g/mol. The van der Waals surface area contributed by atoms with E-state index in [1.54, 1.807) is 0 Å². The van der Waals surface area contributed by atoms with Gasteiger partial charge in [-0.15, -0.1) is 0 Å². The first-order chi connectivity index (χ1) is 6.00. The summed E-state index contributed by atoms with van der Waals surface area (Å²) in [6.45, 7) is 0.